The summed E-state index contributed by atoms with van der Waals surface area (Å²) in [5.41, 5.74) is 2.47. The molecule has 1 amide bonds. The second-order valence-corrected chi connectivity index (χ2v) is 7.53. The Bertz CT molecular complexity index is 1090. The largest absolute Gasteiger partial charge is 0.338 e. The lowest BCUT2D eigenvalue weighted by Gasteiger charge is -2.20. The molecule has 0 unspecified atom stereocenters. The number of hydrogen-bond acceptors (Lipinski definition) is 7. The molecule has 0 saturated heterocycles. The molecule has 1 aromatic carbocycles. The summed E-state index contributed by atoms with van der Waals surface area (Å²) in [6.07, 6.45) is 1.75. The number of carbonyl (C=O) groups is 1. The molecule has 8 nitrogen and oxygen atoms in total. The van der Waals surface area contributed by atoms with E-state index in [1.54, 1.807) is 18.2 Å². The molecule has 3 N–H and O–H groups in total. The number of fused-ring (bicyclic) bond motifs is 2. The minimum Gasteiger partial charge on any atom is -0.338 e. The lowest BCUT2D eigenvalue weighted by molar-refractivity contribution is -0.116. The molecular formula is C20H21ClFN7O. The Balaban J connectivity index is 1.79. The van der Waals surface area contributed by atoms with Crippen LogP contribution in [0, 0.1) is 5.82 Å². The van der Waals surface area contributed by atoms with E-state index in [1.165, 1.54) is 12.4 Å². The standard InChI is InChI=1S/C20H21ClFN7O/c1-29-7-6-23-5-4-18(30)27-17-3-2-15-19(28-17)20(25-11-24-15)26-16-9-13(21)14(22)8-12(16)10-29/h2-3,8-9,11,23H,4-7,10H2,1H3,(H,24,25,26)(H,27,28,30). The maximum Gasteiger partial charge on any atom is 0.226 e. The SMILES string of the molecule is CN1CCNCCC(=O)Nc2ccc3ncnc(c3n2)Nc2cc(Cl)c(F)cc2C1. The molecule has 10 heteroatoms. The van der Waals surface area contributed by atoms with Gasteiger partial charge in [0.2, 0.25) is 5.91 Å². The van der Waals surface area contributed by atoms with Gasteiger partial charge in [-0.25, -0.2) is 19.3 Å². The van der Waals surface area contributed by atoms with Crippen molar-refractivity contribution in [3.63, 3.8) is 0 Å². The lowest BCUT2D eigenvalue weighted by atomic mass is 10.1. The molecule has 0 spiro atoms. The van der Waals surface area contributed by atoms with Crippen molar-refractivity contribution in [2.24, 2.45) is 0 Å². The van der Waals surface area contributed by atoms with Crippen molar-refractivity contribution in [2.75, 3.05) is 37.3 Å². The van der Waals surface area contributed by atoms with Crippen LogP contribution in [0.15, 0.2) is 30.6 Å². The first-order valence-corrected chi connectivity index (χ1v) is 9.93. The number of nitrogens with zero attached hydrogens (tertiary/aromatic N) is 4. The molecule has 2 aromatic heterocycles. The van der Waals surface area contributed by atoms with E-state index in [1.807, 2.05) is 7.05 Å². The minimum atomic E-state index is -0.478. The zero-order valence-corrected chi connectivity index (χ0v) is 17.1. The Hall–Kier alpha value is -2.88. The van der Waals surface area contributed by atoms with Gasteiger partial charge in [0.1, 0.15) is 23.5 Å². The molecule has 3 aromatic rings. The van der Waals surface area contributed by atoms with Gasteiger partial charge in [0.05, 0.1) is 10.5 Å². The molecule has 0 radical (unpaired) electrons. The van der Waals surface area contributed by atoms with Gasteiger partial charge in [0, 0.05) is 38.3 Å². The number of carbonyl (C=O) groups excluding carboxylic acids is 1. The number of hydrogen-bond donors (Lipinski definition) is 3. The smallest absolute Gasteiger partial charge is 0.226 e. The third-order valence-corrected chi connectivity index (χ3v) is 5.08. The van der Waals surface area contributed by atoms with Gasteiger partial charge in [0.15, 0.2) is 5.82 Å². The zero-order valence-electron chi connectivity index (χ0n) is 16.4. The fourth-order valence-electron chi connectivity index (χ4n) is 3.24. The van der Waals surface area contributed by atoms with E-state index in [0.717, 1.165) is 12.1 Å². The first-order valence-electron chi connectivity index (χ1n) is 9.55. The number of amides is 1. The van der Waals surface area contributed by atoms with Crippen LogP contribution in [0.1, 0.15) is 12.0 Å². The van der Waals surface area contributed by atoms with E-state index in [-0.39, 0.29) is 10.9 Å². The van der Waals surface area contributed by atoms with Gasteiger partial charge in [0.25, 0.3) is 0 Å². The first-order chi connectivity index (χ1) is 14.5. The van der Waals surface area contributed by atoms with E-state index < -0.39 is 5.82 Å². The molecule has 0 fully saturated rings. The van der Waals surface area contributed by atoms with Crippen molar-refractivity contribution in [1.82, 2.24) is 25.2 Å². The number of likely N-dealkylation sites (N-methyl/N-ethyl adjacent to an activating group) is 1. The summed E-state index contributed by atoms with van der Waals surface area (Å²) in [6.45, 7) is 2.47. The number of anilines is 3. The maximum absolute atomic E-state index is 14.2. The van der Waals surface area contributed by atoms with Crippen LogP contribution in [-0.2, 0) is 11.3 Å². The highest BCUT2D eigenvalue weighted by molar-refractivity contribution is 6.31. The average Bonchev–Trinajstić information content (AvgIpc) is 2.71. The summed E-state index contributed by atoms with van der Waals surface area (Å²) < 4.78 is 14.2. The Morgan fingerprint density at radius 2 is 2.03 bits per heavy atom. The second kappa shape index (κ2) is 8.86. The predicted molar refractivity (Wildman–Crippen MR) is 114 cm³/mol. The number of aromatic nitrogens is 3. The van der Waals surface area contributed by atoms with Crippen LogP contribution in [0.5, 0.6) is 0 Å². The average molecular weight is 430 g/mol. The summed E-state index contributed by atoms with van der Waals surface area (Å²) >= 11 is 6.05. The third-order valence-electron chi connectivity index (χ3n) is 4.79. The van der Waals surface area contributed by atoms with Gasteiger partial charge in [-0.05, 0) is 36.9 Å². The van der Waals surface area contributed by atoms with Gasteiger partial charge in [-0.2, -0.15) is 0 Å². The molecule has 4 rings (SSSR count). The van der Waals surface area contributed by atoms with Gasteiger partial charge < -0.3 is 20.9 Å². The lowest BCUT2D eigenvalue weighted by Crippen LogP contribution is -2.31. The Morgan fingerprint density at radius 3 is 2.90 bits per heavy atom. The molecule has 0 saturated carbocycles. The summed E-state index contributed by atoms with van der Waals surface area (Å²) in [5, 5.41) is 9.27. The third kappa shape index (κ3) is 4.64. The first kappa shape index (κ1) is 20.4. The van der Waals surface area contributed by atoms with Crippen molar-refractivity contribution in [1.29, 1.82) is 0 Å². The maximum atomic E-state index is 14.2. The molecule has 30 heavy (non-hydrogen) atoms. The van der Waals surface area contributed by atoms with Crippen LogP contribution in [0.3, 0.4) is 0 Å². The molecule has 3 heterocycles. The fraction of sp³-hybridized carbons (Fsp3) is 0.300. The Morgan fingerprint density at radius 1 is 1.17 bits per heavy atom. The number of nitrogens with one attached hydrogen (secondary N) is 3. The van der Waals surface area contributed by atoms with E-state index in [4.69, 9.17) is 11.6 Å². The summed E-state index contributed by atoms with van der Waals surface area (Å²) in [7, 11) is 1.95. The number of rotatable bonds is 0. The number of pyridine rings is 1. The fourth-order valence-corrected chi connectivity index (χ4v) is 3.40. The molecule has 0 atom stereocenters. The van der Waals surface area contributed by atoms with Crippen molar-refractivity contribution in [3.05, 3.63) is 47.0 Å². The highest BCUT2D eigenvalue weighted by atomic mass is 35.5. The van der Waals surface area contributed by atoms with Crippen LogP contribution in [0.4, 0.5) is 21.7 Å². The predicted octanol–water partition coefficient (Wildman–Crippen LogP) is 2.92. The monoisotopic (exact) mass is 429 g/mol. The Kier molecular flexibility index (Phi) is 6.03. The van der Waals surface area contributed by atoms with Crippen LogP contribution in [0.2, 0.25) is 5.02 Å². The minimum absolute atomic E-state index is 0.0132. The summed E-state index contributed by atoms with van der Waals surface area (Å²) in [4.78, 5) is 27.3. The van der Waals surface area contributed by atoms with Crippen LogP contribution < -0.4 is 16.0 Å². The van der Waals surface area contributed by atoms with Crippen molar-refractivity contribution in [2.45, 2.75) is 13.0 Å². The summed E-state index contributed by atoms with van der Waals surface area (Å²) in [6, 6.07) is 6.43. The molecule has 156 valence electrons. The highest BCUT2D eigenvalue weighted by Gasteiger charge is 2.15. The molecule has 0 aliphatic carbocycles. The Labute approximate surface area is 177 Å². The van der Waals surface area contributed by atoms with Gasteiger partial charge in [-0.3, -0.25) is 4.79 Å². The van der Waals surface area contributed by atoms with Crippen molar-refractivity contribution >= 4 is 45.9 Å². The van der Waals surface area contributed by atoms with Crippen LogP contribution >= 0.6 is 11.6 Å². The highest BCUT2D eigenvalue weighted by Crippen LogP contribution is 2.30. The van der Waals surface area contributed by atoms with Gasteiger partial charge in [-0.1, -0.05) is 11.6 Å². The van der Waals surface area contributed by atoms with E-state index in [2.05, 4.69) is 35.8 Å². The second-order valence-electron chi connectivity index (χ2n) is 7.12. The quantitative estimate of drug-likeness (QED) is 0.505. The molecule has 1 aliphatic rings. The number of halogens is 2. The van der Waals surface area contributed by atoms with E-state index in [9.17, 15) is 9.18 Å². The van der Waals surface area contributed by atoms with Gasteiger partial charge >= 0.3 is 0 Å². The van der Waals surface area contributed by atoms with Crippen molar-refractivity contribution in [3.8, 4) is 0 Å². The molecular weight excluding hydrogens is 409 g/mol. The molecule has 2 bridgehead atoms. The zero-order chi connectivity index (χ0) is 21.1. The number of benzene rings is 1. The van der Waals surface area contributed by atoms with Gasteiger partial charge in [-0.15, -0.1) is 0 Å². The topological polar surface area (TPSA) is 95.1 Å². The molecule has 1 aliphatic heterocycles. The van der Waals surface area contributed by atoms with E-state index in [0.29, 0.717) is 54.4 Å². The van der Waals surface area contributed by atoms with E-state index >= 15 is 0 Å². The summed E-state index contributed by atoms with van der Waals surface area (Å²) in [5.74, 6) is 0.244. The van der Waals surface area contributed by atoms with Crippen molar-refractivity contribution < 1.29 is 9.18 Å². The van der Waals surface area contributed by atoms with Crippen LogP contribution in [0.25, 0.3) is 11.0 Å². The normalized spacial score (nSPS) is 16.2. The van der Waals surface area contributed by atoms with Crippen LogP contribution in [-0.4, -0.2) is 52.4 Å².